The van der Waals surface area contributed by atoms with Gasteiger partial charge in [-0.25, -0.2) is 0 Å². The lowest BCUT2D eigenvalue weighted by Gasteiger charge is -2.31. The number of unbranched alkanes of at least 4 members (excludes halogenated alkanes) is 2. The fraction of sp³-hybridized carbons (Fsp3) is 0.708. The van der Waals surface area contributed by atoms with Gasteiger partial charge in [0.1, 0.15) is 5.69 Å². The van der Waals surface area contributed by atoms with Crippen molar-refractivity contribution in [3.63, 3.8) is 0 Å². The molecule has 3 rings (SSSR count). The maximum Gasteiger partial charge on any atom is 0.320 e. The number of anilines is 3. The minimum Gasteiger partial charge on any atom is -0.463 e. The number of nitrogens with one attached hydrogen (secondary N) is 1. The van der Waals surface area contributed by atoms with E-state index < -0.39 is 0 Å². The van der Waals surface area contributed by atoms with E-state index in [9.17, 15) is 4.79 Å². The van der Waals surface area contributed by atoms with Gasteiger partial charge in [0.25, 0.3) is 0 Å². The van der Waals surface area contributed by atoms with Gasteiger partial charge in [0.15, 0.2) is 11.6 Å². The number of rotatable bonds is 11. The number of hydrogen-bond acceptors (Lipinski definition) is 7. The lowest BCUT2D eigenvalue weighted by atomic mass is 9.88. The van der Waals surface area contributed by atoms with E-state index in [4.69, 9.17) is 10.5 Å². The van der Waals surface area contributed by atoms with Gasteiger partial charge < -0.3 is 25.6 Å². The number of ether oxygens (including phenoxy) is 1. The summed E-state index contributed by atoms with van der Waals surface area (Å²) in [5.41, 5.74) is 6.69. The van der Waals surface area contributed by atoms with Gasteiger partial charge in [-0.2, -0.15) is 9.97 Å². The van der Waals surface area contributed by atoms with Gasteiger partial charge in [0, 0.05) is 26.1 Å². The molecule has 8 heteroatoms. The fourth-order valence-electron chi connectivity index (χ4n) is 4.33. The summed E-state index contributed by atoms with van der Waals surface area (Å²) in [5.74, 6) is 1.91. The maximum absolute atomic E-state index is 12.3. The van der Waals surface area contributed by atoms with Crippen molar-refractivity contribution in [2.75, 3.05) is 55.8 Å². The molecule has 0 fully saturated rings. The first kappa shape index (κ1) is 24.3. The zero-order valence-electron chi connectivity index (χ0n) is 20.0. The molecule has 2 aliphatic rings. The Morgan fingerprint density at radius 1 is 1.19 bits per heavy atom. The molecule has 0 saturated carbocycles. The summed E-state index contributed by atoms with van der Waals surface area (Å²) < 4.78 is 5.72. The number of hydrogen-bond donors (Lipinski definition) is 2. The maximum atomic E-state index is 12.3. The highest BCUT2D eigenvalue weighted by Crippen LogP contribution is 2.34. The molecule has 2 atom stereocenters. The number of amides is 1. The second-order valence-corrected chi connectivity index (χ2v) is 9.13. The van der Waals surface area contributed by atoms with Crippen molar-refractivity contribution in [1.82, 2.24) is 14.9 Å². The zero-order chi connectivity index (χ0) is 22.9. The van der Waals surface area contributed by atoms with Crippen molar-refractivity contribution in [2.24, 2.45) is 11.8 Å². The van der Waals surface area contributed by atoms with E-state index in [-0.39, 0.29) is 17.7 Å². The Kier molecular flexibility index (Phi) is 9.14. The molecule has 8 nitrogen and oxygen atoms in total. The summed E-state index contributed by atoms with van der Waals surface area (Å²) in [5, 5.41) is 2.89. The van der Waals surface area contributed by atoms with Crippen molar-refractivity contribution in [3.8, 4) is 6.01 Å². The molecule has 1 aliphatic carbocycles. The topological polar surface area (TPSA) is 96.6 Å². The van der Waals surface area contributed by atoms with Crippen LogP contribution in [0.3, 0.4) is 0 Å². The van der Waals surface area contributed by atoms with Crippen LogP contribution in [0.2, 0.25) is 0 Å². The average molecular weight is 445 g/mol. The SMILES string of the molecule is CCCCOc1nc(N)c2c(n1)N(CC1C=CC(CN(C)CCCC)CC1)CCC(=O)N2. The lowest BCUT2D eigenvalue weighted by Crippen LogP contribution is -2.33. The van der Waals surface area contributed by atoms with E-state index in [1.54, 1.807) is 0 Å². The Morgan fingerprint density at radius 2 is 1.94 bits per heavy atom. The molecule has 178 valence electrons. The minimum atomic E-state index is -0.0573. The Bertz CT molecular complexity index is 784. The molecule has 1 aromatic rings. The number of aromatic nitrogens is 2. The van der Waals surface area contributed by atoms with Crippen LogP contribution in [0.15, 0.2) is 12.2 Å². The van der Waals surface area contributed by atoms with Crippen LogP contribution in [0.1, 0.15) is 58.8 Å². The summed E-state index contributed by atoms with van der Waals surface area (Å²) in [6.07, 6.45) is 11.9. The molecule has 1 amide bonds. The first-order chi connectivity index (χ1) is 15.5. The standard InChI is InChI=1S/C24H40N6O2/c1-4-6-13-29(3)16-18-8-10-19(11-9-18)17-30-14-12-20(31)26-21-22(25)27-24(28-23(21)30)32-15-7-5-2/h8,10,18-19H,4-7,9,11-17H2,1-3H3,(H,26,31)(H2,25,27,28). The number of fused-ring (bicyclic) bond motifs is 1. The lowest BCUT2D eigenvalue weighted by molar-refractivity contribution is -0.115. The molecule has 2 heterocycles. The Balaban J connectivity index is 1.68. The third-order valence-electron chi connectivity index (χ3n) is 6.26. The number of carbonyl (C=O) groups excluding carboxylic acids is 1. The number of nitrogens with zero attached hydrogens (tertiary/aromatic N) is 4. The summed E-state index contributed by atoms with van der Waals surface area (Å²) in [6, 6.07) is 0.283. The van der Waals surface area contributed by atoms with Gasteiger partial charge in [-0.15, -0.1) is 0 Å². The summed E-state index contributed by atoms with van der Waals surface area (Å²) in [4.78, 5) is 25.8. The van der Waals surface area contributed by atoms with Gasteiger partial charge >= 0.3 is 6.01 Å². The minimum absolute atomic E-state index is 0.0573. The largest absolute Gasteiger partial charge is 0.463 e. The summed E-state index contributed by atoms with van der Waals surface area (Å²) in [7, 11) is 2.22. The Labute approximate surface area is 192 Å². The molecule has 0 saturated heterocycles. The van der Waals surface area contributed by atoms with E-state index >= 15 is 0 Å². The fourth-order valence-corrected chi connectivity index (χ4v) is 4.33. The highest BCUT2D eigenvalue weighted by molar-refractivity contribution is 5.98. The predicted molar refractivity (Wildman–Crippen MR) is 130 cm³/mol. The molecule has 0 aromatic carbocycles. The van der Waals surface area contributed by atoms with E-state index in [2.05, 4.69) is 58.1 Å². The van der Waals surface area contributed by atoms with Gasteiger partial charge in [-0.1, -0.05) is 38.8 Å². The molecule has 2 unspecified atom stereocenters. The average Bonchev–Trinajstić information content (AvgIpc) is 2.93. The van der Waals surface area contributed by atoms with E-state index in [0.29, 0.717) is 42.9 Å². The molecule has 0 radical (unpaired) electrons. The van der Waals surface area contributed by atoms with E-state index in [0.717, 1.165) is 32.4 Å². The third kappa shape index (κ3) is 6.82. The van der Waals surface area contributed by atoms with Gasteiger partial charge in [0.05, 0.1) is 6.61 Å². The molecular formula is C24H40N6O2. The highest BCUT2D eigenvalue weighted by atomic mass is 16.5. The molecule has 3 N–H and O–H groups in total. The number of nitrogen functional groups attached to an aromatic ring is 1. The van der Waals surface area contributed by atoms with Crippen molar-refractivity contribution < 1.29 is 9.53 Å². The molecule has 0 spiro atoms. The monoisotopic (exact) mass is 444 g/mol. The third-order valence-corrected chi connectivity index (χ3v) is 6.26. The van der Waals surface area contributed by atoms with Crippen molar-refractivity contribution in [3.05, 3.63) is 12.2 Å². The molecular weight excluding hydrogens is 404 g/mol. The highest BCUT2D eigenvalue weighted by Gasteiger charge is 2.27. The molecule has 1 aromatic heterocycles. The van der Waals surface area contributed by atoms with Crippen LogP contribution < -0.4 is 20.7 Å². The first-order valence-electron chi connectivity index (χ1n) is 12.2. The predicted octanol–water partition coefficient (Wildman–Crippen LogP) is 3.70. The zero-order valence-corrected chi connectivity index (χ0v) is 20.0. The van der Waals surface area contributed by atoms with Crippen molar-refractivity contribution >= 4 is 23.2 Å². The Morgan fingerprint density at radius 3 is 2.66 bits per heavy atom. The van der Waals surface area contributed by atoms with Crippen LogP contribution in [0.25, 0.3) is 0 Å². The number of carbonyl (C=O) groups is 1. The second-order valence-electron chi connectivity index (χ2n) is 9.13. The Hall–Kier alpha value is -2.35. The smallest absolute Gasteiger partial charge is 0.320 e. The van der Waals surface area contributed by atoms with E-state index in [1.807, 2.05) is 0 Å². The van der Waals surface area contributed by atoms with Crippen LogP contribution in [0, 0.1) is 11.8 Å². The van der Waals surface area contributed by atoms with Crippen molar-refractivity contribution in [2.45, 2.75) is 58.8 Å². The molecule has 0 bridgehead atoms. The van der Waals surface area contributed by atoms with Crippen LogP contribution in [0.4, 0.5) is 17.3 Å². The van der Waals surface area contributed by atoms with Crippen LogP contribution in [0.5, 0.6) is 6.01 Å². The summed E-state index contributed by atoms with van der Waals surface area (Å²) >= 11 is 0. The summed E-state index contributed by atoms with van der Waals surface area (Å²) in [6.45, 7) is 8.61. The number of nitrogens with two attached hydrogens (primary N) is 1. The van der Waals surface area contributed by atoms with Crippen LogP contribution in [-0.4, -0.2) is 60.6 Å². The van der Waals surface area contributed by atoms with Crippen LogP contribution >= 0.6 is 0 Å². The first-order valence-corrected chi connectivity index (χ1v) is 12.2. The van der Waals surface area contributed by atoms with E-state index in [1.165, 1.54) is 25.8 Å². The van der Waals surface area contributed by atoms with Gasteiger partial charge in [0.2, 0.25) is 5.91 Å². The second kappa shape index (κ2) is 12.0. The molecule has 1 aliphatic heterocycles. The normalized spacial score (nSPS) is 20.8. The van der Waals surface area contributed by atoms with Crippen molar-refractivity contribution in [1.29, 1.82) is 0 Å². The van der Waals surface area contributed by atoms with Gasteiger partial charge in [-0.3, -0.25) is 4.79 Å². The van der Waals surface area contributed by atoms with Gasteiger partial charge in [-0.05, 0) is 51.1 Å². The van der Waals surface area contributed by atoms with Crippen LogP contribution in [-0.2, 0) is 4.79 Å². The quantitative estimate of drug-likeness (QED) is 0.397. The molecule has 32 heavy (non-hydrogen) atoms.